The van der Waals surface area contributed by atoms with Gasteiger partial charge in [0, 0.05) is 18.5 Å². The molecule has 5 nitrogen and oxygen atoms in total. The largest absolute Gasteiger partial charge is 0.409 e. The van der Waals surface area contributed by atoms with Gasteiger partial charge in [0.05, 0.1) is 5.60 Å². The maximum absolute atomic E-state index is 9.84. The molecule has 0 aliphatic carbocycles. The highest BCUT2D eigenvalue weighted by Gasteiger charge is 2.31. The summed E-state index contributed by atoms with van der Waals surface area (Å²) in [6.45, 7) is 8.49. The van der Waals surface area contributed by atoms with Crippen LogP contribution in [0, 0.1) is 5.41 Å². The minimum absolute atomic E-state index is 0.267. The van der Waals surface area contributed by atoms with E-state index in [1.54, 1.807) is 0 Å². The van der Waals surface area contributed by atoms with E-state index in [4.69, 9.17) is 10.9 Å². The monoisotopic (exact) mass is 243 g/mol. The highest BCUT2D eigenvalue weighted by atomic mass is 16.4. The van der Waals surface area contributed by atoms with Gasteiger partial charge in [-0.3, -0.25) is 0 Å². The van der Waals surface area contributed by atoms with Gasteiger partial charge >= 0.3 is 0 Å². The summed E-state index contributed by atoms with van der Waals surface area (Å²) in [4.78, 5) is 2.27. The van der Waals surface area contributed by atoms with Crippen LogP contribution in [0.4, 0.5) is 0 Å². The van der Waals surface area contributed by atoms with E-state index < -0.39 is 5.60 Å². The molecule has 0 amide bonds. The molecule has 0 spiro atoms. The molecule has 1 aliphatic rings. The highest BCUT2D eigenvalue weighted by molar-refractivity contribution is 5.85. The number of rotatable bonds is 5. The Kier molecular flexibility index (Phi) is 4.38. The van der Waals surface area contributed by atoms with Crippen molar-refractivity contribution in [1.82, 2.24) is 4.90 Å². The fourth-order valence-electron chi connectivity index (χ4n) is 2.24. The lowest BCUT2D eigenvalue weighted by atomic mass is 9.86. The maximum Gasteiger partial charge on any atom is 0.144 e. The Bertz CT molecular complexity index is 287. The van der Waals surface area contributed by atoms with Crippen molar-refractivity contribution >= 4 is 5.84 Å². The van der Waals surface area contributed by atoms with Gasteiger partial charge in [-0.25, -0.2) is 0 Å². The molecule has 1 fully saturated rings. The molecule has 1 saturated heterocycles. The quantitative estimate of drug-likeness (QED) is 0.291. The molecule has 0 saturated carbocycles. The molecule has 1 unspecified atom stereocenters. The summed E-state index contributed by atoms with van der Waals surface area (Å²) in [5.74, 6) is 0.283. The molecule has 1 aliphatic heterocycles. The first-order valence-electron chi connectivity index (χ1n) is 6.20. The lowest BCUT2D eigenvalue weighted by Crippen LogP contribution is -2.34. The molecule has 0 aromatic rings. The van der Waals surface area contributed by atoms with Gasteiger partial charge in [-0.1, -0.05) is 19.0 Å². The van der Waals surface area contributed by atoms with Gasteiger partial charge in [-0.05, 0) is 32.7 Å². The minimum Gasteiger partial charge on any atom is -0.409 e. The normalized spacial score (nSPS) is 27.6. The first-order chi connectivity index (χ1) is 7.77. The summed E-state index contributed by atoms with van der Waals surface area (Å²) in [6.07, 6.45) is 2.71. The number of aliphatic hydroxyl groups is 1. The Morgan fingerprint density at radius 3 is 2.65 bits per heavy atom. The summed E-state index contributed by atoms with van der Waals surface area (Å²) in [6, 6.07) is 0. The van der Waals surface area contributed by atoms with E-state index in [-0.39, 0.29) is 11.3 Å². The summed E-state index contributed by atoms with van der Waals surface area (Å²) in [5.41, 5.74) is 4.84. The molecular formula is C12H25N3O2. The Morgan fingerprint density at radius 2 is 2.18 bits per heavy atom. The lowest BCUT2D eigenvalue weighted by Gasteiger charge is -2.24. The summed E-state index contributed by atoms with van der Waals surface area (Å²) in [5, 5.41) is 21.6. The van der Waals surface area contributed by atoms with E-state index in [2.05, 4.69) is 10.1 Å². The number of nitrogens with two attached hydrogens (primary N) is 1. The SMILES string of the molecule is CC1(O)CCN(CCCC(C)(C)C(N)=NO)C1. The van der Waals surface area contributed by atoms with Crippen molar-refractivity contribution in [2.75, 3.05) is 19.6 Å². The number of hydrogen-bond acceptors (Lipinski definition) is 4. The second-order valence-corrected chi connectivity index (χ2v) is 6.00. The lowest BCUT2D eigenvalue weighted by molar-refractivity contribution is 0.0684. The van der Waals surface area contributed by atoms with E-state index in [1.165, 1.54) is 0 Å². The fraction of sp³-hybridized carbons (Fsp3) is 0.917. The first-order valence-corrected chi connectivity index (χ1v) is 6.20. The zero-order chi connectivity index (χ0) is 13.1. The number of β-amino-alcohol motifs (C(OH)–C–C–N with tert-alkyl or cyclic N) is 1. The molecule has 0 aromatic heterocycles. The summed E-state index contributed by atoms with van der Waals surface area (Å²) >= 11 is 0. The maximum atomic E-state index is 9.84. The van der Waals surface area contributed by atoms with Gasteiger partial charge in [-0.15, -0.1) is 0 Å². The van der Waals surface area contributed by atoms with Crippen LogP contribution < -0.4 is 5.73 Å². The van der Waals surface area contributed by atoms with Crippen molar-refractivity contribution < 1.29 is 10.3 Å². The molecule has 17 heavy (non-hydrogen) atoms. The van der Waals surface area contributed by atoms with Crippen LogP contribution in [0.3, 0.4) is 0 Å². The fourth-order valence-corrected chi connectivity index (χ4v) is 2.24. The van der Waals surface area contributed by atoms with Crippen molar-refractivity contribution in [3.8, 4) is 0 Å². The summed E-state index contributed by atoms with van der Waals surface area (Å²) in [7, 11) is 0. The van der Waals surface area contributed by atoms with Crippen LogP contribution in [0.2, 0.25) is 0 Å². The second kappa shape index (κ2) is 5.23. The smallest absolute Gasteiger partial charge is 0.144 e. The predicted molar refractivity (Wildman–Crippen MR) is 68.1 cm³/mol. The van der Waals surface area contributed by atoms with Crippen LogP contribution in [0.25, 0.3) is 0 Å². The van der Waals surface area contributed by atoms with Crippen molar-refractivity contribution in [2.45, 2.75) is 45.6 Å². The summed E-state index contributed by atoms with van der Waals surface area (Å²) < 4.78 is 0. The Morgan fingerprint density at radius 1 is 1.53 bits per heavy atom. The van der Waals surface area contributed by atoms with Crippen molar-refractivity contribution in [2.24, 2.45) is 16.3 Å². The zero-order valence-corrected chi connectivity index (χ0v) is 11.1. The molecule has 4 N–H and O–H groups in total. The van der Waals surface area contributed by atoms with Crippen LogP contribution >= 0.6 is 0 Å². The number of likely N-dealkylation sites (tertiary alicyclic amines) is 1. The highest BCUT2D eigenvalue weighted by Crippen LogP contribution is 2.25. The molecular weight excluding hydrogens is 218 g/mol. The molecule has 5 heteroatoms. The Labute approximate surface area is 103 Å². The number of nitrogens with zero attached hydrogens (tertiary/aromatic N) is 2. The van der Waals surface area contributed by atoms with Gasteiger partial charge in [0.25, 0.3) is 0 Å². The molecule has 100 valence electrons. The zero-order valence-electron chi connectivity index (χ0n) is 11.1. The van der Waals surface area contributed by atoms with Crippen LogP contribution in [0.15, 0.2) is 5.16 Å². The molecule has 1 rings (SSSR count). The van der Waals surface area contributed by atoms with Crippen LogP contribution in [0.1, 0.15) is 40.0 Å². The first kappa shape index (κ1) is 14.3. The number of hydrogen-bond donors (Lipinski definition) is 3. The third-order valence-electron chi connectivity index (χ3n) is 3.61. The molecule has 0 bridgehead atoms. The van der Waals surface area contributed by atoms with Gasteiger partial charge < -0.3 is 20.9 Å². The van der Waals surface area contributed by atoms with Crippen LogP contribution in [0.5, 0.6) is 0 Å². The van der Waals surface area contributed by atoms with Gasteiger partial charge in [0.15, 0.2) is 0 Å². The van der Waals surface area contributed by atoms with Gasteiger partial charge in [-0.2, -0.15) is 0 Å². The number of amidine groups is 1. The standard InChI is InChI=1S/C12H25N3O2/c1-11(2,10(13)14-17)5-4-7-15-8-6-12(3,16)9-15/h16-17H,4-9H2,1-3H3,(H2,13,14). The average Bonchev–Trinajstić information content (AvgIpc) is 2.56. The van der Waals surface area contributed by atoms with Gasteiger partial charge in [0.2, 0.25) is 0 Å². The molecule has 0 radical (unpaired) electrons. The van der Waals surface area contributed by atoms with Crippen molar-refractivity contribution in [3.63, 3.8) is 0 Å². The Balaban J connectivity index is 2.29. The predicted octanol–water partition coefficient (Wildman–Crippen LogP) is 0.996. The van der Waals surface area contributed by atoms with E-state index in [0.29, 0.717) is 0 Å². The third-order valence-corrected chi connectivity index (χ3v) is 3.61. The number of oxime groups is 1. The Hall–Kier alpha value is -0.810. The van der Waals surface area contributed by atoms with E-state index in [1.807, 2.05) is 20.8 Å². The van der Waals surface area contributed by atoms with Crippen molar-refractivity contribution in [1.29, 1.82) is 0 Å². The van der Waals surface area contributed by atoms with Crippen LogP contribution in [-0.4, -0.2) is 46.3 Å². The molecule has 1 atom stereocenters. The average molecular weight is 243 g/mol. The van der Waals surface area contributed by atoms with E-state index >= 15 is 0 Å². The molecule has 1 heterocycles. The van der Waals surface area contributed by atoms with E-state index in [9.17, 15) is 5.11 Å². The topological polar surface area (TPSA) is 82.1 Å². The van der Waals surface area contributed by atoms with Crippen LogP contribution in [-0.2, 0) is 0 Å². The van der Waals surface area contributed by atoms with E-state index in [0.717, 1.165) is 38.9 Å². The molecule has 0 aromatic carbocycles. The van der Waals surface area contributed by atoms with Crippen molar-refractivity contribution in [3.05, 3.63) is 0 Å². The second-order valence-electron chi connectivity index (χ2n) is 6.00. The van der Waals surface area contributed by atoms with Gasteiger partial charge in [0.1, 0.15) is 5.84 Å². The minimum atomic E-state index is -0.527. The third kappa shape index (κ3) is 4.16.